The van der Waals surface area contributed by atoms with Crippen LogP contribution in [0.15, 0.2) is 18.2 Å². The molecule has 5 heteroatoms. The highest BCUT2D eigenvalue weighted by molar-refractivity contribution is 6.42. The molecule has 1 aromatic carbocycles. The molecule has 0 radical (unpaired) electrons. The summed E-state index contributed by atoms with van der Waals surface area (Å²) in [4.78, 5) is 21.4. The largest absolute Gasteiger partial charge is 0.370 e. The molecule has 0 aliphatic rings. The average molecular weight is 260 g/mol. The van der Waals surface area contributed by atoms with Gasteiger partial charge < -0.3 is 10.5 Å². The molecule has 0 spiro atoms. The lowest BCUT2D eigenvalue weighted by atomic mass is 9.93. The zero-order valence-corrected chi connectivity index (χ0v) is 9.96. The number of hydrogen-bond acceptors (Lipinski definition) is 2. The highest BCUT2D eigenvalue weighted by Gasteiger charge is 2.15. The van der Waals surface area contributed by atoms with Crippen molar-refractivity contribution >= 4 is 35.4 Å². The van der Waals surface area contributed by atoms with Crippen LogP contribution in [0.3, 0.4) is 0 Å². The van der Waals surface area contributed by atoms with Crippen LogP contribution in [-0.4, -0.2) is 12.2 Å². The predicted molar refractivity (Wildman–Crippen MR) is 63.7 cm³/mol. The van der Waals surface area contributed by atoms with Crippen LogP contribution in [0.2, 0.25) is 10.0 Å². The Morgan fingerprint density at radius 2 is 2.06 bits per heavy atom. The number of primary amides is 1. The zero-order chi connectivity index (χ0) is 12.1. The molecular formula is C11H11Cl2NO2. The van der Waals surface area contributed by atoms with Crippen molar-refractivity contribution in [3.8, 4) is 0 Å². The number of halogens is 2. The fraction of sp³-hybridized carbons (Fsp3) is 0.273. The van der Waals surface area contributed by atoms with E-state index in [1.54, 1.807) is 18.2 Å². The molecule has 0 saturated heterocycles. The van der Waals surface area contributed by atoms with Crippen LogP contribution in [0, 0.1) is 0 Å². The van der Waals surface area contributed by atoms with E-state index in [1.807, 2.05) is 0 Å². The number of benzene rings is 1. The minimum atomic E-state index is -0.446. The number of hydrogen-bond donors (Lipinski definition) is 1. The molecule has 1 amide bonds. The van der Waals surface area contributed by atoms with E-state index in [0.717, 1.165) is 11.8 Å². The maximum absolute atomic E-state index is 10.9. The first kappa shape index (κ1) is 13.0. The van der Waals surface area contributed by atoms with Gasteiger partial charge in [-0.1, -0.05) is 29.3 Å². The summed E-state index contributed by atoms with van der Waals surface area (Å²) < 4.78 is 0. The van der Waals surface area contributed by atoms with Crippen molar-refractivity contribution in [2.45, 2.75) is 18.8 Å². The number of aldehydes is 1. The maximum Gasteiger partial charge on any atom is 0.218 e. The number of carbonyl (C=O) groups excluding carboxylic acids is 2. The van der Waals surface area contributed by atoms with Crippen molar-refractivity contribution < 1.29 is 9.59 Å². The highest BCUT2D eigenvalue weighted by atomic mass is 35.5. The van der Waals surface area contributed by atoms with Crippen LogP contribution < -0.4 is 5.73 Å². The molecule has 1 rings (SSSR count). The molecule has 0 aliphatic carbocycles. The summed E-state index contributed by atoms with van der Waals surface area (Å²) in [5.74, 6) is -0.678. The Kier molecular flexibility index (Phi) is 4.77. The third kappa shape index (κ3) is 3.51. The zero-order valence-electron chi connectivity index (χ0n) is 8.45. The van der Waals surface area contributed by atoms with Gasteiger partial charge in [0.1, 0.15) is 6.29 Å². The maximum atomic E-state index is 10.9. The fourth-order valence-electron chi connectivity index (χ4n) is 1.46. The van der Waals surface area contributed by atoms with Crippen LogP contribution in [0.1, 0.15) is 24.3 Å². The van der Waals surface area contributed by atoms with Crippen molar-refractivity contribution in [2.75, 3.05) is 0 Å². The topological polar surface area (TPSA) is 60.2 Å². The molecule has 1 atom stereocenters. The van der Waals surface area contributed by atoms with Gasteiger partial charge in [-0.15, -0.1) is 0 Å². The number of nitrogens with two attached hydrogens (primary N) is 1. The lowest BCUT2D eigenvalue weighted by Gasteiger charge is -2.13. The Balaban J connectivity index is 2.95. The Morgan fingerprint density at radius 1 is 1.38 bits per heavy atom. The Bertz CT molecular complexity index is 407. The standard InChI is InChI=1S/C11H11Cl2NO2/c12-9-2-1-7(5-10(9)13)8(3-4-15)6-11(14)16/h1-2,4-5,8H,3,6H2,(H2,14,16)/t8-/m1/s1. The van der Waals surface area contributed by atoms with Crippen LogP contribution in [-0.2, 0) is 9.59 Å². The highest BCUT2D eigenvalue weighted by Crippen LogP contribution is 2.29. The van der Waals surface area contributed by atoms with E-state index in [2.05, 4.69) is 0 Å². The summed E-state index contributed by atoms with van der Waals surface area (Å²) >= 11 is 11.6. The molecule has 0 aromatic heterocycles. The molecular weight excluding hydrogens is 249 g/mol. The van der Waals surface area contributed by atoms with Crippen molar-refractivity contribution in [1.29, 1.82) is 0 Å². The first-order valence-corrected chi connectivity index (χ1v) is 5.47. The monoisotopic (exact) mass is 259 g/mol. The van der Waals surface area contributed by atoms with Gasteiger partial charge in [0.15, 0.2) is 0 Å². The second-order valence-electron chi connectivity index (χ2n) is 3.44. The van der Waals surface area contributed by atoms with Crippen molar-refractivity contribution in [1.82, 2.24) is 0 Å². The van der Waals surface area contributed by atoms with E-state index in [1.165, 1.54) is 0 Å². The summed E-state index contributed by atoms with van der Waals surface area (Å²) in [6, 6.07) is 5.03. The first-order valence-electron chi connectivity index (χ1n) is 4.71. The third-order valence-electron chi connectivity index (χ3n) is 2.24. The Morgan fingerprint density at radius 3 is 2.56 bits per heavy atom. The van der Waals surface area contributed by atoms with Crippen LogP contribution in [0.25, 0.3) is 0 Å². The van der Waals surface area contributed by atoms with E-state index in [9.17, 15) is 9.59 Å². The molecule has 0 bridgehead atoms. The minimum absolute atomic E-state index is 0.122. The van der Waals surface area contributed by atoms with Gasteiger partial charge in [0, 0.05) is 12.8 Å². The van der Waals surface area contributed by atoms with Crippen molar-refractivity contribution in [3.63, 3.8) is 0 Å². The fourth-order valence-corrected chi connectivity index (χ4v) is 1.77. The van der Waals surface area contributed by atoms with Crippen molar-refractivity contribution in [2.24, 2.45) is 5.73 Å². The van der Waals surface area contributed by atoms with Gasteiger partial charge in [-0.2, -0.15) is 0 Å². The number of amides is 1. The molecule has 0 aliphatic heterocycles. The molecule has 0 saturated carbocycles. The molecule has 86 valence electrons. The van der Waals surface area contributed by atoms with E-state index in [4.69, 9.17) is 28.9 Å². The van der Waals surface area contributed by atoms with E-state index in [0.29, 0.717) is 10.0 Å². The second kappa shape index (κ2) is 5.87. The molecule has 3 nitrogen and oxygen atoms in total. The lowest BCUT2D eigenvalue weighted by Crippen LogP contribution is -2.15. The molecule has 2 N–H and O–H groups in total. The van der Waals surface area contributed by atoms with Gasteiger partial charge in [-0.05, 0) is 23.6 Å². The molecule has 0 heterocycles. The summed E-state index contributed by atoms with van der Waals surface area (Å²) in [5, 5.41) is 0.842. The smallest absolute Gasteiger partial charge is 0.218 e. The number of rotatable bonds is 5. The van der Waals surface area contributed by atoms with Gasteiger partial charge in [0.25, 0.3) is 0 Å². The second-order valence-corrected chi connectivity index (χ2v) is 4.26. The normalized spacial score (nSPS) is 12.1. The average Bonchev–Trinajstić information content (AvgIpc) is 2.21. The van der Waals surface area contributed by atoms with Crippen LogP contribution >= 0.6 is 23.2 Å². The Hall–Kier alpha value is -1.06. The quantitative estimate of drug-likeness (QED) is 0.827. The van der Waals surface area contributed by atoms with Crippen molar-refractivity contribution in [3.05, 3.63) is 33.8 Å². The molecule has 16 heavy (non-hydrogen) atoms. The summed E-state index contributed by atoms with van der Waals surface area (Å²) in [6.07, 6.45) is 1.12. The van der Waals surface area contributed by atoms with E-state index >= 15 is 0 Å². The summed E-state index contributed by atoms with van der Waals surface area (Å²) in [6.45, 7) is 0. The molecule has 0 fully saturated rings. The lowest BCUT2D eigenvalue weighted by molar-refractivity contribution is -0.118. The van der Waals surface area contributed by atoms with E-state index in [-0.39, 0.29) is 18.8 Å². The predicted octanol–water partition coefficient (Wildman–Crippen LogP) is 2.54. The SMILES string of the molecule is NC(=O)C[C@@H](CC=O)c1ccc(Cl)c(Cl)c1. The van der Waals surface area contributed by atoms with Gasteiger partial charge in [-0.25, -0.2) is 0 Å². The van der Waals surface area contributed by atoms with Gasteiger partial charge in [0.2, 0.25) is 5.91 Å². The van der Waals surface area contributed by atoms with Crippen LogP contribution in [0.5, 0.6) is 0 Å². The van der Waals surface area contributed by atoms with Gasteiger partial charge in [0.05, 0.1) is 10.0 Å². The van der Waals surface area contributed by atoms with E-state index < -0.39 is 5.91 Å². The summed E-state index contributed by atoms with van der Waals surface area (Å²) in [7, 11) is 0. The number of carbonyl (C=O) groups is 2. The minimum Gasteiger partial charge on any atom is -0.370 e. The molecule has 1 aromatic rings. The first-order chi connectivity index (χ1) is 7.54. The summed E-state index contributed by atoms with van der Waals surface area (Å²) in [5.41, 5.74) is 5.91. The molecule has 0 unspecified atom stereocenters. The van der Waals surface area contributed by atoms with Crippen LogP contribution in [0.4, 0.5) is 0 Å². The van der Waals surface area contributed by atoms with Gasteiger partial charge >= 0.3 is 0 Å². The Labute approximate surface area is 104 Å². The third-order valence-corrected chi connectivity index (χ3v) is 2.98. The van der Waals surface area contributed by atoms with Gasteiger partial charge in [-0.3, -0.25) is 4.79 Å².